The van der Waals surface area contributed by atoms with Crippen LogP contribution in [0.25, 0.3) is 21.1 Å². The molecule has 0 saturated heterocycles. The highest BCUT2D eigenvalue weighted by Crippen LogP contribution is 2.27. The quantitative estimate of drug-likeness (QED) is 0.385. The van der Waals surface area contributed by atoms with E-state index in [-0.39, 0.29) is 24.5 Å². The van der Waals surface area contributed by atoms with E-state index >= 15 is 0 Å². The van der Waals surface area contributed by atoms with Crippen molar-refractivity contribution in [3.63, 3.8) is 0 Å². The highest BCUT2D eigenvalue weighted by atomic mass is 32.1. The van der Waals surface area contributed by atoms with E-state index in [1.165, 1.54) is 6.07 Å². The van der Waals surface area contributed by atoms with E-state index < -0.39 is 11.9 Å². The summed E-state index contributed by atoms with van der Waals surface area (Å²) in [5, 5.41) is 1.39. The number of carbonyl (C=O) groups is 2. The fourth-order valence-corrected chi connectivity index (χ4v) is 3.99. The predicted octanol–water partition coefficient (Wildman–Crippen LogP) is 4.78. The third kappa shape index (κ3) is 4.49. The van der Waals surface area contributed by atoms with Crippen LogP contribution in [-0.2, 0) is 16.1 Å². The first-order valence-electron chi connectivity index (χ1n) is 9.85. The minimum atomic E-state index is -0.592. The number of esters is 2. The molecule has 0 saturated carbocycles. The second-order valence-corrected chi connectivity index (χ2v) is 7.65. The van der Waals surface area contributed by atoms with E-state index in [0.29, 0.717) is 23.3 Å². The van der Waals surface area contributed by atoms with Crippen LogP contribution in [0.4, 0.5) is 0 Å². The summed E-state index contributed by atoms with van der Waals surface area (Å²) >= 11 is 1.57. The third-order valence-electron chi connectivity index (χ3n) is 4.46. The number of fused-ring (bicyclic) bond motifs is 2. The lowest BCUT2D eigenvalue weighted by Gasteiger charge is -2.11. The van der Waals surface area contributed by atoms with Crippen LogP contribution in [0.1, 0.15) is 39.7 Å². The number of rotatable bonds is 7. The minimum Gasteiger partial charge on any atom is -0.486 e. The largest absolute Gasteiger partial charge is 0.486 e. The van der Waals surface area contributed by atoms with Gasteiger partial charge in [0.15, 0.2) is 0 Å². The molecule has 0 unspecified atom stereocenters. The van der Waals surface area contributed by atoms with Gasteiger partial charge in [0.05, 0.1) is 34.5 Å². The van der Waals surface area contributed by atoms with Crippen LogP contribution in [0.3, 0.4) is 0 Å². The maximum atomic E-state index is 12.5. The molecular weight excluding hydrogens is 416 g/mol. The zero-order valence-electron chi connectivity index (χ0n) is 17.1. The van der Waals surface area contributed by atoms with Crippen molar-refractivity contribution in [1.29, 1.82) is 0 Å². The molecule has 0 fully saturated rings. The molecule has 0 atom stereocenters. The van der Waals surface area contributed by atoms with Crippen molar-refractivity contribution in [3.8, 4) is 5.75 Å². The summed E-state index contributed by atoms with van der Waals surface area (Å²) in [6, 6.07) is 14.5. The standard InChI is InChI=1S/C23H20N2O5S/c1-3-28-22(26)16-12-19(23(27)29-4-2)24-17-10-9-14(11-15(16)17)30-13-21-25-18-7-5-6-8-20(18)31-21/h5-12H,3-4,13H2,1-2H3. The summed E-state index contributed by atoms with van der Waals surface area (Å²) < 4.78 is 17.2. The molecule has 8 heteroatoms. The minimum absolute atomic E-state index is 0.0561. The first-order valence-corrected chi connectivity index (χ1v) is 10.7. The van der Waals surface area contributed by atoms with E-state index in [2.05, 4.69) is 9.97 Å². The molecular formula is C23H20N2O5S. The molecule has 2 aromatic carbocycles. The van der Waals surface area contributed by atoms with Crippen molar-refractivity contribution in [2.75, 3.05) is 13.2 Å². The number of hydrogen-bond donors (Lipinski definition) is 0. The van der Waals surface area contributed by atoms with Gasteiger partial charge in [-0.05, 0) is 50.2 Å². The Hall–Kier alpha value is -3.52. The average molecular weight is 436 g/mol. The van der Waals surface area contributed by atoms with Gasteiger partial charge in [-0.3, -0.25) is 0 Å². The van der Waals surface area contributed by atoms with Gasteiger partial charge in [0.25, 0.3) is 0 Å². The highest BCUT2D eigenvalue weighted by Gasteiger charge is 2.19. The molecule has 7 nitrogen and oxygen atoms in total. The van der Waals surface area contributed by atoms with Gasteiger partial charge in [-0.15, -0.1) is 11.3 Å². The second-order valence-electron chi connectivity index (χ2n) is 6.54. The monoisotopic (exact) mass is 436 g/mol. The lowest BCUT2D eigenvalue weighted by atomic mass is 10.1. The molecule has 0 bridgehead atoms. The van der Waals surface area contributed by atoms with Crippen LogP contribution in [0.15, 0.2) is 48.5 Å². The van der Waals surface area contributed by atoms with Crippen LogP contribution in [0.2, 0.25) is 0 Å². The summed E-state index contributed by atoms with van der Waals surface area (Å²) in [7, 11) is 0. The lowest BCUT2D eigenvalue weighted by Crippen LogP contribution is -2.12. The topological polar surface area (TPSA) is 87.6 Å². The van der Waals surface area contributed by atoms with Crippen LogP contribution in [0, 0.1) is 0 Å². The maximum Gasteiger partial charge on any atom is 0.356 e. The Morgan fingerprint density at radius 2 is 1.68 bits per heavy atom. The van der Waals surface area contributed by atoms with Crippen molar-refractivity contribution in [2.24, 2.45) is 0 Å². The molecule has 0 aliphatic rings. The number of pyridine rings is 1. The zero-order chi connectivity index (χ0) is 21.8. The molecule has 2 aromatic heterocycles. The molecule has 4 rings (SSSR count). The second kappa shape index (κ2) is 9.09. The van der Waals surface area contributed by atoms with E-state index in [9.17, 15) is 9.59 Å². The molecule has 158 valence electrons. The number of para-hydroxylation sites is 1. The smallest absolute Gasteiger partial charge is 0.356 e. The fraction of sp³-hybridized carbons (Fsp3) is 0.217. The van der Waals surface area contributed by atoms with Crippen LogP contribution in [-0.4, -0.2) is 35.1 Å². The van der Waals surface area contributed by atoms with Gasteiger partial charge in [0.1, 0.15) is 23.1 Å². The molecule has 4 aromatic rings. The summed E-state index contributed by atoms with van der Waals surface area (Å²) in [4.78, 5) is 33.6. The third-order valence-corrected chi connectivity index (χ3v) is 5.47. The highest BCUT2D eigenvalue weighted by molar-refractivity contribution is 7.18. The van der Waals surface area contributed by atoms with Crippen molar-refractivity contribution in [3.05, 3.63) is 64.8 Å². The summed E-state index contributed by atoms with van der Waals surface area (Å²) in [5.74, 6) is -0.571. The van der Waals surface area contributed by atoms with Gasteiger partial charge >= 0.3 is 11.9 Å². The predicted molar refractivity (Wildman–Crippen MR) is 118 cm³/mol. The number of benzene rings is 2. The molecule has 0 N–H and O–H groups in total. The molecule has 0 aliphatic carbocycles. The van der Waals surface area contributed by atoms with Gasteiger partial charge in [0.2, 0.25) is 0 Å². The number of carbonyl (C=O) groups excluding carboxylic acids is 2. The summed E-state index contributed by atoms with van der Waals surface area (Å²) in [5.41, 5.74) is 1.70. The van der Waals surface area contributed by atoms with Gasteiger partial charge in [-0.25, -0.2) is 19.6 Å². The van der Waals surface area contributed by atoms with E-state index in [1.54, 1.807) is 43.4 Å². The normalized spacial score (nSPS) is 10.9. The summed E-state index contributed by atoms with van der Waals surface area (Å²) in [6.07, 6.45) is 0. The van der Waals surface area contributed by atoms with Crippen molar-refractivity contribution < 1.29 is 23.8 Å². The van der Waals surface area contributed by atoms with Gasteiger partial charge in [0, 0.05) is 5.39 Å². The van der Waals surface area contributed by atoms with Crippen LogP contribution in [0.5, 0.6) is 5.75 Å². The van der Waals surface area contributed by atoms with Gasteiger partial charge in [-0.1, -0.05) is 12.1 Å². The number of hydrogen-bond acceptors (Lipinski definition) is 8. The number of thiazole rings is 1. The fourth-order valence-electron chi connectivity index (χ4n) is 3.11. The van der Waals surface area contributed by atoms with Crippen molar-refractivity contribution in [1.82, 2.24) is 9.97 Å². The van der Waals surface area contributed by atoms with Gasteiger partial charge < -0.3 is 14.2 Å². The van der Waals surface area contributed by atoms with E-state index in [0.717, 1.165) is 15.2 Å². The maximum absolute atomic E-state index is 12.5. The van der Waals surface area contributed by atoms with Gasteiger partial charge in [-0.2, -0.15) is 0 Å². The first kappa shape index (κ1) is 20.7. The number of nitrogens with zero attached hydrogens (tertiary/aromatic N) is 2. The summed E-state index contributed by atoms with van der Waals surface area (Å²) in [6.45, 7) is 4.16. The molecule has 0 spiro atoms. The lowest BCUT2D eigenvalue weighted by molar-refractivity contribution is 0.0519. The van der Waals surface area contributed by atoms with E-state index in [1.807, 2.05) is 24.3 Å². The Balaban J connectivity index is 1.65. The zero-order valence-corrected chi connectivity index (χ0v) is 17.9. The van der Waals surface area contributed by atoms with Crippen LogP contribution < -0.4 is 4.74 Å². The molecule has 2 heterocycles. The number of ether oxygens (including phenoxy) is 3. The van der Waals surface area contributed by atoms with Crippen molar-refractivity contribution in [2.45, 2.75) is 20.5 Å². The Bertz CT molecular complexity index is 1230. The Kier molecular flexibility index (Phi) is 6.08. The van der Waals surface area contributed by atoms with Crippen LogP contribution >= 0.6 is 11.3 Å². The Labute approximate surface area is 182 Å². The number of aromatic nitrogens is 2. The van der Waals surface area contributed by atoms with E-state index in [4.69, 9.17) is 14.2 Å². The Morgan fingerprint density at radius 3 is 2.45 bits per heavy atom. The Morgan fingerprint density at radius 1 is 0.903 bits per heavy atom. The average Bonchev–Trinajstić information content (AvgIpc) is 3.20. The molecule has 0 amide bonds. The molecule has 0 radical (unpaired) electrons. The SMILES string of the molecule is CCOC(=O)c1cc(C(=O)OCC)c2cc(OCc3nc4ccccc4s3)ccc2n1. The first-order chi connectivity index (χ1) is 15.1. The molecule has 31 heavy (non-hydrogen) atoms. The van der Waals surface area contributed by atoms with Crippen molar-refractivity contribution >= 4 is 44.4 Å². The molecule has 0 aliphatic heterocycles.